The molecular formula is C15H15BrN2O2. The first-order chi connectivity index (χ1) is 9.56. The fourth-order valence-corrected chi connectivity index (χ4v) is 1.92. The Morgan fingerprint density at radius 3 is 2.65 bits per heavy atom. The van der Waals surface area contributed by atoms with Gasteiger partial charge in [0, 0.05) is 10.2 Å². The van der Waals surface area contributed by atoms with E-state index in [1.165, 1.54) is 0 Å². The highest BCUT2D eigenvalue weighted by Gasteiger charge is 2.07. The van der Waals surface area contributed by atoms with Crippen molar-refractivity contribution < 1.29 is 9.53 Å². The second-order valence-corrected chi connectivity index (χ2v) is 5.25. The minimum atomic E-state index is -0.228. The van der Waals surface area contributed by atoms with Gasteiger partial charge in [0.25, 0.3) is 5.91 Å². The molecule has 4 nitrogen and oxygen atoms in total. The van der Waals surface area contributed by atoms with E-state index in [1.54, 1.807) is 6.07 Å². The van der Waals surface area contributed by atoms with Crippen LogP contribution in [-0.2, 0) is 4.79 Å². The van der Waals surface area contributed by atoms with Gasteiger partial charge in [0.1, 0.15) is 5.75 Å². The number of aryl methyl sites for hydroxylation is 1. The van der Waals surface area contributed by atoms with Crippen molar-refractivity contribution in [2.45, 2.75) is 6.92 Å². The van der Waals surface area contributed by atoms with E-state index < -0.39 is 0 Å². The first kappa shape index (κ1) is 14.4. The Morgan fingerprint density at radius 1 is 1.25 bits per heavy atom. The summed E-state index contributed by atoms with van der Waals surface area (Å²) in [6.45, 7) is 1.81. The molecule has 0 heterocycles. The van der Waals surface area contributed by atoms with Crippen molar-refractivity contribution in [2.75, 3.05) is 17.7 Å². The zero-order valence-electron chi connectivity index (χ0n) is 11.0. The third kappa shape index (κ3) is 3.74. The van der Waals surface area contributed by atoms with E-state index in [0.29, 0.717) is 11.4 Å². The summed E-state index contributed by atoms with van der Waals surface area (Å²) in [6, 6.07) is 12.8. The Balaban J connectivity index is 1.92. The maximum atomic E-state index is 11.8. The molecular weight excluding hydrogens is 320 g/mol. The molecule has 0 fully saturated rings. The van der Waals surface area contributed by atoms with Crippen LogP contribution < -0.4 is 15.8 Å². The number of rotatable bonds is 4. The van der Waals surface area contributed by atoms with Gasteiger partial charge in [-0.15, -0.1) is 0 Å². The van der Waals surface area contributed by atoms with Crippen LogP contribution in [0.4, 0.5) is 11.4 Å². The standard InChI is InChI=1S/C15H15BrN2O2/c1-10-3-2-4-13(15(10)17)20-9-14(19)18-12-7-5-11(16)6-8-12/h2-8H,9,17H2,1H3,(H,18,19). The lowest BCUT2D eigenvalue weighted by Gasteiger charge is -2.10. The molecule has 2 aromatic carbocycles. The number of carbonyl (C=O) groups is 1. The highest BCUT2D eigenvalue weighted by Crippen LogP contribution is 2.24. The van der Waals surface area contributed by atoms with Crippen molar-refractivity contribution in [2.24, 2.45) is 0 Å². The van der Waals surface area contributed by atoms with Crippen LogP contribution in [0.3, 0.4) is 0 Å². The summed E-state index contributed by atoms with van der Waals surface area (Å²) in [6.07, 6.45) is 0. The largest absolute Gasteiger partial charge is 0.482 e. The zero-order chi connectivity index (χ0) is 14.5. The molecule has 0 aliphatic rings. The van der Waals surface area contributed by atoms with Crippen molar-refractivity contribution >= 4 is 33.2 Å². The molecule has 3 N–H and O–H groups in total. The Labute approximate surface area is 126 Å². The van der Waals surface area contributed by atoms with Crippen LogP contribution in [0, 0.1) is 6.92 Å². The molecule has 0 radical (unpaired) electrons. The van der Waals surface area contributed by atoms with Crippen LogP contribution >= 0.6 is 15.9 Å². The molecule has 0 aliphatic heterocycles. The van der Waals surface area contributed by atoms with E-state index in [1.807, 2.05) is 43.3 Å². The predicted octanol–water partition coefficient (Wildman–Crippen LogP) is 3.36. The predicted molar refractivity (Wildman–Crippen MR) is 83.9 cm³/mol. The molecule has 0 bridgehead atoms. The number of amides is 1. The summed E-state index contributed by atoms with van der Waals surface area (Å²) in [4.78, 5) is 11.8. The molecule has 0 saturated carbocycles. The summed E-state index contributed by atoms with van der Waals surface area (Å²) in [5.41, 5.74) is 8.08. The summed E-state index contributed by atoms with van der Waals surface area (Å²) in [5, 5.41) is 2.75. The van der Waals surface area contributed by atoms with Crippen molar-refractivity contribution in [3.63, 3.8) is 0 Å². The topological polar surface area (TPSA) is 64.3 Å². The number of hydrogen-bond donors (Lipinski definition) is 2. The van der Waals surface area contributed by atoms with Crippen LogP contribution in [0.25, 0.3) is 0 Å². The zero-order valence-corrected chi connectivity index (χ0v) is 12.6. The lowest BCUT2D eigenvalue weighted by atomic mass is 10.2. The number of nitrogens with two attached hydrogens (primary N) is 1. The number of nitrogen functional groups attached to an aromatic ring is 1. The van der Waals surface area contributed by atoms with E-state index >= 15 is 0 Å². The second-order valence-electron chi connectivity index (χ2n) is 4.33. The van der Waals surface area contributed by atoms with Crippen molar-refractivity contribution in [1.29, 1.82) is 0 Å². The molecule has 5 heteroatoms. The Morgan fingerprint density at radius 2 is 1.95 bits per heavy atom. The van der Waals surface area contributed by atoms with Crippen molar-refractivity contribution in [1.82, 2.24) is 0 Å². The average Bonchev–Trinajstić information content (AvgIpc) is 2.43. The molecule has 0 atom stereocenters. The SMILES string of the molecule is Cc1cccc(OCC(=O)Nc2ccc(Br)cc2)c1N. The van der Waals surface area contributed by atoms with Crippen LogP contribution in [0.1, 0.15) is 5.56 Å². The molecule has 104 valence electrons. The molecule has 1 amide bonds. The molecule has 20 heavy (non-hydrogen) atoms. The summed E-state index contributed by atoms with van der Waals surface area (Å²) >= 11 is 3.34. The van der Waals surface area contributed by atoms with Gasteiger partial charge in [-0.2, -0.15) is 0 Å². The molecule has 2 rings (SSSR count). The van der Waals surface area contributed by atoms with E-state index in [9.17, 15) is 4.79 Å². The van der Waals surface area contributed by atoms with Gasteiger partial charge in [-0.1, -0.05) is 28.1 Å². The van der Waals surface area contributed by atoms with Crippen LogP contribution in [0.5, 0.6) is 5.75 Å². The summed E-state index contributed by atoms with van der Waals surface area (Å²) in [5.74, 6) is 0.296. The summed E-state index contributed by atoms with van der Waals surface area (Å²) in [7, 11) is 0. The van der Waals surface area contributed by atoms with Crippen molar-refractivity contribution in [3.8, 4) is 5.75 Å². The van der Waals surface area contributed by atoms with Gasteiger partial charge in [0.2, 0.25) is 0 Å². The van der Waals surface area contributed by atoms with Gasteiger partial charge in [-0.05, 0) is 42.8 Å². The molecule has 0 unspecified atom stereocenters. The van der Waals surface area contributed by atoms with Gasteiger partial charge >= 0.3 is 0 Å². The number of nitrogens with one attached hydrogen (secondary N) is 1. The maximum absolute atomic E-state index is 11.8. The van der Waals surface area contributed by atoms with Gasteiger partial charge in [0.15, 0.2) is 6.61 Å². The minimum Gasteiger partial charge on any atom is -0.482 e. The van der Waals surface area contributed by atoms with Gasteiger partial charge in [0.05, 0.1) is 5.69 Å². The molecule has 0 aliphatic carbocycles. The van der Waals surface area contributed by atoms with Gasteiger partial charge in [-0.3, -0.25) is 4.79 Å². The van der Waals surface area contributed by atoms with Crippen molar-refractivity contribution in [3.05, 3.63) is 52.5 Å². The number of carbonyl (C=O) groups excluding carboxylic acids is 1. The normalized spacial score (nSPS) is 10.1. The first-order valence-electron chi connectivity index (χ1n) is 6.09. The average molecular weight is 335 g/mol. The second kappa shape index (κ2) is 6.43. The minimum absolute atomic E-state index is 0.0796. The molecule has 0 spiro atoms. The number of halogens is 1. The van der Waals surface area contributed by atoms with Crippen LogP contribution in [0.15, 0.2) is 46.9 Å². The van der Waals surface area contributed by atoms with E-state index in [-0.39, 0.29) is 12.5 Å². The highest BCUT2D eigenvalue weighted by molar-refractivity contribution is 9.10. The Kier molecular flexibility index (Phi) is 4.63. The van der Waals surface area contributed by atoms with Crippen LogP contribution in [0.2, 0.25) is 0 Å². The molecule has 2 aromatic rings. The first-order valence-corrected chi connectivity index (χ1v) is 6.89. The van der Waals surface area contributed by atoms with Gasteiger partial charge < -0.3 is 15.8 Å². The fourth-order valence-electron chi connectivity index (χ4n) is 1.65. The van der Waals surface area contributed by atoms with Gasteiger partial charge in [-0.25, -0.2) is 0 Å². The van der Waals surface area contributed by atoms with Crippen LogP contribution in [-0.4, -0.2) is 12.5 Å². The number of benzene rings is 2. The van der Waals surface area contributed by atoms with E-state index in [2.05, 4.69) is 21.2 Å². The smallest absolute Gasteiger partial charge is 0.262 e. The molecule has 0 saturated heterocycles. The monoisotopic (exact) mass is 334 g/mol. The fraction of sp³-hybridized carbons (Fsp3) is 0.133. The number of para-hydroxylation sites is 1. The lowest BCUT2D eigenvalue weighted by Crippen LogP contribution is -2.20. The molecule has 0 aromatic heterocycles. The van der Waals surface area contributed by atoms with E-state index in [4.69, 9.17) is 10.5 Å². The number of anilines is 2. The van der Waals surface area contributed by atoms with E-state index in [0.717, 1.165) is 15.7 Å². The highest BCUT2D eigenvalue weighted by atomic mass is 79.9. The number of hydrogen-bond acceptors (Lipinski definition) is 3. The lowest BCUT2D eigenvalue weighted by molar-refractivity contribution is -0.118. The quantitative estimate of drug-likeness (QED) is 0.842. The Bertz CT molecular complexity index is 612. The third-order valence-electron chi connectivity index (χ3n) is 2.77. The maximum Gasteiger partial charge on any atom is 0.262 e. The number of ether oxygens (including phenoxy) is 1. The third-order valence-corrected chi connectivity index (χ3v) is 3.30. The Hall–Kier alpha value is -2.01. The summed E-state index contributed by atoms with van der Waals surface area (Å²) < 4.78 is 6.39.